The van der Waals surface area contributed by atoms with Gasteiger partial charge in [-0.1, -0.05) is 6.07 Å². The van der Waals surface area contributed by atoms with Crippen LogP contribution in [-0.2, 0) is 11.3 Å². The van der Waals surface area contributed by atoms with E-state index in [0.29, 0.717) is 17.8 Å². The minimum atomic E-state index is -0.237. The molecule has 0 unspecified atom stereocenters. The van der Waals surface area contributed by atoms with E-state index in [1.165, 1.54) is 6.07 Å². The first-order valence-corrected chi connectivity index (χ1v) is 5.35. The van der Waals surface area contributed by atoms with Crippen molar-refractivity contribution in [2.45, 2.75) is 13.0 Å². The third-order valence-corrected chi connectivity index (χ3v) is 2.41. The van der Waals surface area contributed by atoms with Gasteiger partial charge in [0.1, 0.15) is 5.82 Å². The van der Waals surface area contributed by atoms with Crippen LogP contribution in [0.1, 0.15) is 12.0 Å². The maximum absolute atomic E-state index is 13.5. The Bertz CT molecular complexity index is 331. The van der Waals surface area contributed by atoms with Gasteiger partial charge in [-0.25, -0.2) is 4.39 Å². The van der Waals surface area contributed by atoms with Crippen LogP contribution in [0.15, 0.2) is 18.2 Å². The average molecular weight is 226 g/mol. The Hall–Kier alpha value is -1.13. The first-order valence-electron chi connectivity index (χ1n) is 5.35. The predicted octanol–water partition coefficient (Wildman–Crippen LogP) is 1.88. The van der Waals surface area contributed by atoms with Crippen LogP contribution in [0.25, 0.3) is 0 Å². The molecule has 0 amide bonds. The highest BCUT2D eigenvalue weighted by Gasteiger charge is 2.05. The van der Waals surface area contributed by atoms with Gasteiger partial charge in [0.25, 0.3) is 0 Å². The number of rotatable bonds is 6. The lowest BCUT2D eigenvalue weighted by Gasteiger charge is -2.16. The van der Waals surface area contributed by atoms with Gasteiger partial charge < -0.3 is 15.4 Å². The highest BCUT2D eigenvalue weighted by molar-refractivity contribution is 5.40. The summed E-state index contributed by atoms with van der Waals surface area (Å²) in [6.45, 7) is 2.21. The van der Waals surface area contributed by atoms with Crippen molar-refractivity contribution in [1.29, 1.82) is 0 Å². The first-order chi connectivity index (χ1) is 7.63. The lowest BCUT2D eigenvalue weighted by molar-refractivity contribution is 0.178. The predicted molar refractivity (Wildman–Crippen MR) is 63.6 cm³/mol. The topological polar surface area (TPSA) is 38.5 Å². The summed E-state index contributed by atoms with van der Waals surface area (Å²) in [4.78, 5) is 2.06. The first kappa shape index (κ1) is 12.9. The molecule has 0 aromatic heterocycles. The van der Waals surface area contributed by atoms with Gasteiger partial charge in [0.2, 0.25) is 0 Å². The second-order valence-electron chi connectivity index (χ2n) is 3.93. The van der Waals surface area contributed by atoms with Crippen molar-refractivity contribution < 1.29 is 9.13 Å². The summed E-state index contributed by atoms with van der Waals surface area (Å²) in [7, 11) is 3.64. The number of methoxy groups -OCH3 is 1. The molecule has 1 rings (SSSR count). The summed E-state index contributed by atoms with van der Waals surface area (Å²) >= 11 is 0. The number of anilines is 1. The molecule has 1 aromatic rings. The van der Waals surface area contributed by atoms with Crippen molar-refractivity contribution in [2.75, 3.05) is 33.0 Å². The highest BCUT2D eigenvalue weighted by atomic mass is 19.1. The van der Waals surface area contributed by atoms with E-state index >= 15 is 0 Å². The smallest absolute Gasteiger partial charge is 0.129 e. The zero-order chi connectivity index (χ0) is 12.0. The van der Waals surface area contributed by atoms with Gasteiger partial charge >= 0.3 is 0 Å². The van der Waals surface area contributed by atoms with Gasteiger partial charge in [0.15, 0.2) is 0 Å². The van der Waals surface area contributed by atoms with Crippen LogP contribution in [0.4, 0.5) is 10.1 Å². The summed E-state index contributed by atoms with van der Waals surface area (Å²) in [5.41, 5.74) is 6.62. The van der Waals surface area contributed by atoms with Crippen LogP contribution in [0, 0.1) is 5.82 Å². The summed E-state index contributed by atoms with van der Waals surface area (Å²) < 4.78 is 18.4. The van der Waals surface area contributed by atoms with Crippen LogP contribution >= 0.6 is 0 Å². The van der Waals surface area contributed by atoms with E-state index in [-0.39, 0.29) is 5.82 Å². The molecule has 2 N–H and O–H groups in total. The Morgan fingerprint density at radius 3 is 2.81 bits per heavy atom. The molecule has 3 nitrogen and oxygen atoms in total. The Kier molecular flexibility index (Phi) is 5.22. The number of ether oxygens (including phenoxy) is 1. The third kappa shape index (κ3) is 4.16. The second kappa shape index (κ2) is 6.45. The van der Waals surface area contributed by atoms with Crippen LogP contribution < -0.4 is 5.73 Å². The van der Waals surface area contributed by atoms with Gasteiger partial charge in [0, 0.05) is 38.1 Å². The van der Waals surface area contributed by atoms with Crippen molar-refractivity contribution in [2.24, 2.45) is 0 Å². The minimum absolute atomic E-state index is 0.237. The Labute approximate surface area is 96.0 Å². The molecular weight excluding hydrogens is 207 g/mol. The summed E-state index contributed by atoms with van der Waals surface area (Å²) in [5, 5.41) is 0. The SMILES string of the molecule is COCCCN(C)Cc1ccc(N)cc1F. The molecule has 0 aliphatic carbocycles. The second-order valence-corrected chi connectivity index (χ2v) is 3.93. The number of nitrogens with zero attached hydrogens (tertiary/aromatic N) is 1. The number of halogens is 1. The molecule has 0 radical (unpaired) electrons. The van der Waals surface area contributed by atoms with Crippen LogP contribution in [0.3, 0.4) is 0 Å². The third-order valence-electron chi connectivity index (χ3n) is 2.41. The van der Waals surface area contributed by atoms with Crippen LogP contribution in [0.2, 0.25) is 0 Å². The van der Waals surface area contributed by atoms with Crippen LogP contribution in [-0.4, -0.2) is 32.2 Å². The number of hydrogen-bond acceptors (Lipinski definition) is 3. The van der Waals surface area contributed by atoms with E-state index in [1.54, 1.807) is 19.2 Å². The van der Waals surface area contributed by atoms with Gasteiger partial charge in [-0.15, -0.1) is 0 Å². The maximum Gasteiger partial charge on any atom is 0.129 e. The van der Waals surface area contributed by atoms with E-state index in [1.807, 2.05) is 7.05 Å². The fraction of sp³-hybridized carbons (Fsp3) is 0.500. The van der Waals surface area contributed by atoms with E-state index < -0.39 is 0 Å². The standard InChI is InChI=1S/C12H19FN2O/c1-15(6-3-7-16-2)9-10-4-5-11(14)8-12(10)13/h4-5,8H,3,6-7,9,14H2,1-2H3. The molecule has 0 fully saturated rings. The van der Waals surface area contributed by atoms with Gasteiger partial charge in [-0.3, -0.25) is 0 Å². The molecular formula is C12H19FN2O. The maximum atomic E-state index is 13.5. The molecule has 0 aliphatic rings. The molecule has 4 heteroatoms. The van der Waals surface area contributed by atoms with Crippen LogP contribution in [0.5, 0.6) is 0 Å². The Morgan fingerprint density at radius 2 is 2.19 bits per heavy atom. The molecule has 0 atom stereocenters. The molecule has 0 saturated heterocycles. The molecule has 0 heterocycles. The van der Waals surface area contributed by atoms with Gasteiger partial charge in [-0.05, 0) is 25.6 Å². The molecule has 0 bridgehead atoms. The average Bonchev–Trinajstić information content (AvgIpc) is 2.23. The van der Waals surface area contributed by atoms with E-state index in [4.69, 9.17) is 10.5 Å². The molecule has 0 spiro atoms. The quantitative estimate of drug-likeness (QED) is 0.594. The number of benzene rings is 1. The lowest BCUT2D eigenvalue weighted by Crippen LogP contribution is -2.20. The Morgan fingerprint density at radius 1 is 1.44 bits per heavy atom. The van der Waals surface area contributed by atoms with E-state index in [0.717, 1.165) is 19.6 Å². The lowest BCUT2D eigenvalue weighted by atomic mass is 10.2. The normalized spacial score (nSPS) is 11.0. The summed E-state index contributed by atoms with van der Waals surface area (Å²) in [6.07, 6.45) is 0.948. The number of hydrogen-bond donors (Lipinski definition) is 1. The monoisotopic (exact) mass is 226 g/mol. The van der Waals surface area contributed by atoms with Crippen molar-refractivity contribution in [1.82, 2.24) is 4.90 Å². The van der Waals surface area contributed by atoms with E-state index in [9.17, 15) is 4.39 Å². The van der Waals surface area contributed by atoms with E-state index in [2.05, 4.69) is 4.90 Å². The zero-order valence-electron chi connectivity index (χ0n) is 9.87. The zero-order valence-corrected chi connectivity index (χ0v) is 9.87. The van der Waals surface area contributed by atoms with Crippen molar-refractivity contribution in [3.05, 3.63) is 29.6 Å². The molecule has 90 valence electrons. The largest absolute Gasteiger partial charge is 0.399 e. The summed E-state index contributed by atoms with van der Waals surface area (Å²) in [5.74, 6) is -0.237. The number of nitrogen functional groups attached to an aromatic ring is 1. The fourth-order valence-electron chi connectivity index (χ4n) is 1.54. The van der Waals surface area contributed by atoms with Crippen molar-refractivity contribution >= 4 is 5.69 Å². The molecule has 0 saturated carbocycles. The minimum Gasteiger partial charge on any atom is -0.399 e. The van der Waals surface area contributed by atoms with Crippen molar-refractivity contribution in [3.8, 4) is 0 Å². The summed E-state index contributed by atoms with van der Waals surface area (Å²) in [6, 6.07) is 4.82. The van der Waals surface area contributed by atoms with Crippen molar-refractivity contribution in [3.63, 3.8) is 0 Å². The molecule has 0 aliphatic heterocycles. The fourth-order valence-corrected chi connectivity index (χ4v) is 1.54. The van der Waals surface area contributed by atoms with Gasteiger partial charge in [0.05, 0.1) is 0 Å². The molecule has 1 aromatic carbocycles. The van der Waals surface area contributed by atoms with Gasteiger partial charge in [-0.2, -0.15) is 0 Å². The highest BCUT2D eigenvalue weighted by Crippen LogP contribution is 2.13. The molecule has 16 heavy (non-hydrogen) atoms. The number of nitrogens with two attached hydrogens (primary N) is 1. The Balaban J connectivity index is 2.46.